The van der Waals surface area contributed by atoms with Crippen molar-refractivity contribution in [3.8, 4) is 17.1 Å². The third-order valence-electron chi connectivity index (χ3n) is 3.81. The number of benzene rings is 2. The summed E-state index contributed by atoms with van der Waals surface area (Å²) in [6.45, 7) is 1.31. The van der Waals surface area contributed by atoms with E-state index >= 15 is 0 Å². The lowest BCUT2D eigenvalue weighted by molar-refractivity contribution is -0.162. The van der Waals surface area contributed by atoms with Crippen molar-refractivity contribution in [3.05, 3.63) is 76.6 Å². The smallest absolute Gasteiger partial charge is 0.350 e. The fraction of sp³-hybridized carbons (Fsp3) is 0.100. The highest BCUT2D eigenvalue weighted by Gasteiger charge is 2.31. The monoisotopic (exact) mass is 366 g/mol. The quantitative estimate of drug-likeness (QED) is 0.640. The molecule has 3 aromatic rings. The van der Waals surface area contributed by atoms with Gasteiger partial charge in [-0.2, -0.15) is 0 Å². The summed E-state index contributed by atoms with van der Waals surface area (Å²) >= 11 is 1.29. The average Bonchev–Trinajstić information content (AvgIpc) is 2.63. The molecule has 4 rings (SSSR count). The van der Waals surface area contributed by atoms with Crippen LogP contribution in [0.2, 0.25) is 0 Å². The van der Waals surface area contributed by atoms with Crippen molar-refractivity contribution < 1.29 is 18.7 Å². The number of hydrogen-bond donors (Lipinski definition) is 0. The highest BCUT2D eigenvalue weighted by atomic mass is 32.2. The van der Waals surface area contributed by atoms with Crippen molar-refractivity contribution in [2.75, 3.05) is 0 Å². The molecule has 0 amide bonds. The second kappa shape index (κ2) is 6.72. The molecule has 0 spiro atoms. The van der Waals surface area contributed by atoms with E-state index in [1.165, 1.54) is 18.7 Å². The SMILES string of the molecule is CC(=O)OC1Oc2ccccc2-c2oc(=O)c(Sc3ccccc3)cc21. The number of ether oxygens (including phenoxy) is 2. The molecule has 0 aliphatic carbocycles. The van der Waals surface area contributed by atoms with Gasteiger partial charge in [0.05, 0.1) is 16.0 Å². The summed E-state index contributed by atoms with van der Waals surface area (Å²) in [6.07, 6.45) is -0.961. The van der Waals surface area contributed by atoms with E-state index in [4.69, 9.17) is 13.9 Å². The molecule has 0 N–H and O–H groups in total. The minimum Gasteiger partial charge on any atom is -0.450 e. The van der Waals surface area contributed by atoms with Gasteiger partial charge in [0.2, 0.25) is 0 Å². The zero-order valence-corrected chi connectivity index (χ0v) is 14.6. The predicted molar refractivity (Wildman–Crippen MR) is 96.1 cm³/mol. The maximum Gasteiger partial charge on any atom is 0.350 e. The molecule has 1 aromatic heterocycles. The molecule has 2 heterocycles. The van der Waals surface area contributed by atoms with E-state index in [2.05, 4.69) is 0 Å². The zero-order valence-electron chi connectivity index (χ0n) is 13.8. The van der Waals surface area contributed by atoms with E-state index in [0.717, 1.165) is 4.90 Å². The molecule has 130 valence electrons. The van der Waals surface area contributed by atoms with Crippen LogP contribution in [-0.4, -0.2) is 5.97 Å². The molecule has 0 saturated heterocycles. The van der Waals surface area contributed by atoms with E-state index in [1.54, 1.807) is 24.3 Å². The molecule has 0 saturated carbocycles. The first-order valence-electron chi connectivity index (χ1n) is 7.96. The van der Waals surface area contributed by atoms with Gasteiger partial charge < -0.3 is 13.9 Å². The van der Waals surface area contributed by atoms with Crippen LogP contribution >= 0.6 is 11.8 Å². The fourth-order valence-corrected chi connectivity index (χ4v) is 3.57. The molecular weight excluding hydrogens is 352 g/mol. The van der Waals surface area contributed by atoms with Crippen LogP contribution in [0.3, 0.4) is 0 Å². The minimum absolute atomic E-state index is 0.362. The molecule has 5 nitrogen and oxygen atoms in total. The topological polar surface area (TPSA) is 65.7 Å². The Kier molecular flexibility index (Phi) is 4.26. The van der Waals surface area contributed by atoms with Gasteiger partial charge in [-0.05, 0) is 30.3 Å². The summed E-state index contributed by atoms with van der Waals surface area (Å²) in [5.41, 5.74) is 0.715. The molecule has 1 atom stereocenters. The minimum atomic E-state index is -0.961. The number of rotatable bonds is 3. The normalized spacial score (nSPS) is 14.7. The predicted octanol–water partition coefficient (Wildman–Crippen LogP) is 4.41. The molecule has 0 bridgehead atoms. The van der Waals surface area contributed by atoms with E-state index in [1.807, 2.05) is 36.4 Å². The Labute approximate surface area is 153 Å². The van der Waals surface area contributed by atoms with Crippen LogP contribution in [0, 0.1) is 0 Å². The van der Waals surface area contributed by atoms with Crippen molar-refractivity contribution in [1.82, 2.24) is 0 Å². The Hall–Kier alpha value is -2.99. The second-order valence-corrected chi connectivity index (χ2v) is 6.77. The van der Waals surface area contributed by atoms with Crippen LogP contribution in [0.25, 0.3) is 11.3 Å². The molecule has 0 fully saturated rings. The maximum atomic E-state index is 12.5. The van der Waals surface area contributed by atoms with Gasteiger partial charge in [-0.15, -0.1) is 0 Å². The molecule has 26 heavy (non-hydrogen) atoms. The summed E-state index contributed by atoms with van der Waals surface area (Å²) < 4.78 is 16.7. The second-order valence-electron chi connectivity index (χ2n) is 5.65. The lowest BCUT2D eigenvalue weighted by atomic mass is 10.0. The van der Waals surface area contributed by atoms with Crippen molar-refractivity contribution in [3.63, 3.8) is 0 Å². The van der Waals surface area contributed by atoms with Gasteiger partial charge in [0.1, 0.15) is 5.75 Å². The maximum absolute atomic E-state index is 12.5. The van der Waals surface area contributed by atoms with Gasteiger partial charge in [0, 0.05) is 11.8 Å². The Balaban J connectivity index is 1.83. The zero-order chi connectivity index (χ0) is 18.1. The standard InChI is InChI=1S/C20H14O5S/c1-12(21)23-20-15-11-17(26-13-7-3-2-4-8-13)19(22)25-18(15)14-9-5-6-10-16(14)24-20/h2-11,20H,1H3. The number of carbonyl (C=O) groups is 1. The van der Waals surface area contributed by atoms with Crippen LogP contribution in [-0.2, 0) is 9.53 Å². The van der Waals surface area contributed by atoms with Crippen molar-refractivity contribution in [2.45, 2.75) is 23.0 Å². The summed E-state index contributed by atoms with van der Waals surface area (Å²) in [5.74, 6) is 0.377. The largest absolute Gasteiger partial charge is 0.450 e. The highest BCUT2D eigenvalue weighted by molar-refractivity contribution is 7.99. The molecular formula is C20H14O5S. The Morgan fingerprint density at radius 3 is 2.58 bits per heavy atom. The van der Waals surface area contributed by atoms with Crippen molar-refractivity contribution in [1.29, 1.82) is 0 Å². The number of para-hydroxylation sites is 1. The van der Waals surface area contributed by atoms with Crippen LogP contribution < -0.4 is 10.4 Å². The van der Waals surface area contributed by atoms with E-state index in [-0.39, 0.29) is 0 Å². The van der Waals surface area contributed by atoms with Gasteiger partial charge in [-0.1, -0.05) is 42.1 Å². The first-order chi connectivity index (χ1) is 12.6. The van der Waals surface area contributed by atoms with Crippen molar-refractivity contribution in [2.24, 2.45) is 0 Å². The third kappa shape index (κ3) is 3.11. The van der Waals surface area contributed by atoms with Crippen LogP contribution in [0.4, 0.5) is 0 Å². The lowest BCUT2D eigenvalue weighted by Crippen LogP contribution is -2.21. The Morgan fingerprint density at radius 2 is 1.81 bits per heavy atom. The van der Waals surface area contributed by atoms with E-state index < -0.39 is 17.9 Å². The van der Waals surface area contributed by atoms with Crippen LogP contribution in [0.5, 0.6) is 5.75 Å². The summed E-state index contributed by atoms with van der Waals surface area (Å²) in [5, 5.41) is 0. The Morgan fingerprint density at radius 1 is 1.08 bits per heavy atom. The lowest BCUT2D eigenvalue weighted by Gasteiger charge is -2.26. The summed E-state index contributed by atoms with van der Waals surface area (Å²) in [7, 11) is 0. The van der Waals surface area contributed by atoms with Crippen molar-refractivity contribution >= 4 is 17.7 Å². The summed E-state index contributed by atoms with van der Waals surface area (Å²) in [6, 6.07) is 18.3. The van der Waals surface area contributed by atoms with Gasteiger partial charge in [-0.3, -0.25) is 4.79 Å². The van der Waals surface area contributed by atoms with E-state index in [9.17, 15) is 9.59 Å². The number of esters is 1. The van der Waals surface area contributed by atoms with Crippen LogP contribution in [0.15, 0.2) is 79.7 Å². The first-order valence-corrected chi connectivity index (χ1v) is 8.77. The Bertz CT molecular complexity index is 1030. The van der Waals surface area contributed by atoms with Gasteiger partial charge in [0.15, 0.2) is 5.76 Å². The van der Waals surface area contributed by atoms with Crippen LogP contribution in [0.1, 0.15) is 18.8 Å². The van der Waals surface area contributed by atoms with Gasteiger partial charge in [-0.25, -0.2) is 4.79 Å². The molecule has 6 heteroatoms. The molecule has 1 unspecified atom stereocenters. The molecule has 1 aliphatic heterocycles. The third-order valence-corrected chi connectivity index (χ3v) is 4.82. The molecule has 1 aliphatic rings. The molecule has 0 radical (unpaired) electrons. The van der Waals surface area contributed by atoms with Gasteiger partial charge in [0.25, 0.3) is 6.29 Å². The first kappa shape index (κ1) is 16.5. The molecule has 2 aromatic carbocycles. The summed E-state index contributed by atoms with van der Waals surface area (Å²) in [4.78, 5) is 25.3. The highest BCUT2D eigenvalue weighted by Crippen LogP contribution is 2.43. The number of carbonyl (C=O) groups excluding carboxylic acids is 1. The number of hydrogen-bond acceptors (Lipinski definition) is 6. The van der Waals surface area contributed by atoms with E-state index in [0.29, 0.717) is 27.5 Å². The van der Waals surface area contributed by atoms with Gasteiger partial charge >= 0.3 is 11.6 Å². The fourth-order valence-electron chi connectivity index (χ4n) is 2.71. The average molecular weight is 366 g/mol. The number of fused-ring (bicyclic) bond motifs is 3.